The Morgan fingerprint density at radius 2 is 1.12 bits per heavy atom. The van der Waals surface area contributed by atoms with Gasteiger partial charge in [0.1, 0.15) is 0 Å². The molecule has 0 unspecified atom stereocenters. The van der Waals surface area contributed by atoms with Gasteiger partial charge in [-0.25, -0.2) is 37.9 Å². The Morgan fingerprint density at radius 1 is 0.621 bits per heavy atom. The first-order valence-corrected chi connectivity index (χ1v) is 26.2. The highest BCUT2D eigenvalue weighted by Gasteiger charge is 2.28. The lowest BCUT2D eigenvalue weighted by molar-refractivity contribution is 0.0916. The summed E-state index contributed by atoms with van der Waals surface area (Å²) in [4.78, 5) is 69.7. The molecule has 4 amide bonds. The van der Waals surface area contributed by atoms with Crippen LogP contribution in [0.3, 0.4) is 0 Å². The van der Waals surface area contributed by atoms with Crippen LogP contribution in [-0.2, 0) is 22.7 Å². The second-order valence-electron chi connectivity index (χ2n) is 16.2. The number of sulfone groups is 1. The fourth-order valence-corrected chi connectivity index (χ4v) is 11.7. The number of Topliss-reactive ketones (excluding diaryl/α,β-unsaturated/α-hetero) is 2. The Labute approximate surface area is 397 Å². The van der Waals surface area contributed by atoms with E-state index in [0.29, 0.717) is 32.8 Å². The third kappa shape index (κ3) is 13.6. The topological polar surface area (TPSA) is 202 Å². The van der Waals surface area contributed by atoms with Crippen molar-refractivity contribution in [1.29, 1.82) is 0 Å². The number of ketones is 2. The van der Waals surface area contributed by atoms with Crippen molar-refractivity contribution in [2.75, 3.05) is 32.8 Å². The number of thiazole rings is 2. The highest BCUT2D eigenvalue weighted by Crippen LogP contribution is 2.33. The quantitative estimate of drug-likeness (QED) is 0.0531. The average Bonchev–Trinajstić information content (AvgIpc) is 4.18. The van der Waals surface area contributed by atoms with E-state index in [4.69, 9.17) is 0 Å². The number of rotatable bonds is 16. The van der Waals surface area contributed by atoms with Crippen molar-refractivity contribution in [2.45, 2.75) is 88.1 Å². The molecule has 0 spiro atoms. The maximum atomic E-state index is 13.0. The molecule has 14 nitrogen and oxygen atoms in total. The molecule has 0 atom stereocenters. The summed E-state index contributed by atoms with van der Waals surface area (Å²) in [6.45, 7) is 3.87. The van der Waals surface area contributed by atoms with Gasteiger partial charge in [0.25, 0.3) is 0 Å². The van der Waals surface area contributed by atoms with Gasteiger partial charge in [-0.05, 0) is 101 Å². The van der Waals surface area contributed by atoms with Gasteiger partial charge in [-0.1, -0.05) is 61.1 Å². The van der Waals surface area contributed by atoms with Crippen LogP contribution in [0.5, 0.6) is 0 Å². The highest BCUT2D eigenvalue weighted by atomic mass is 32.2. The van der Waals surface area contributed by atoms with Gasteiger partial charge < -0.3 is 10.6 Å². The van der Waals surface area contributed by atoms with E-state index in [1.807, 2.05) is 56.3 Å². The van der Waals surface area contributed by atoms with E-state index in [1.54, 1.807) is 54.6 Å². The van der Waals surface area contributed by atoms with Gasteiger partial charge in [-0.2, -0.15) is 0 Å². The molecule has 344 valence electrons. The van der Waals surface area contributed by atoms with Crippen LogP contribution in [0.15, 0.2) is 108 Å². The van der Waals surface area contributed by atoms with E-state index in [0.717, 1.165) is 89.4 Å². The Hall–Kier alpha value is -5.82. The minimum atomic E-state index is -3.50. The number of benzene rings is 2. The van der Waals surface area contributed by atoms with Crippen molar-refractivity contribution < 1.29 is 27.6 Å². The Morgan fingerprint density at radius 3 is 1.61 bits per heavy atom. The molecule has 2 aliphatic carbocycles. The lowest BCUT2D eigenvalue weighted by atomic mass is 9.94. The summed E-state index contributed by atoms with van der Waals surface area (Å²) in [5, 5.41) is 13.0. The molecule has 8 rings (SSSR count). The van der Waals surface area contributed by atoms with Gasteiger partial charge in [0.05, 0.1) is 22.2 Å². The zero-order valence-corrected chi connectivity index (χ0v) is 40.0. The van der Waals surface area contributed by atoms with E-state index >= 15 is 0 Å². The van der Waals surface area contributed by atoms with Crippen LogP contribution in [0.1, 0.15) is 93.0 Å². The number of aromatic nitrogens is 4. The number of nitrogens with zero attached hydrogens (tertiary/aromatic N) is 4. The van der Waals surface area contributed by atoms with Gasteiger partial charge in [-0.3, -0.25) is 20.2 Å². The third-order valence-corrected chi connectivity index (χ3v) is 15.7. The SMILES string of the molecule is Cc1ccc(NC(=O)Nc2ncc(CCS(=O)(=O)c3ccccn3)s2)c(C(=O)C2CCCC2)c1.Cc1ccc(NC(=O)Nc2ncc(CCSc3ccccn3)s2)c(C(=O)C2CCCC2)c1. The van der Waals surface area contributed by atoms with E-state index in [9.17, 15) is 27.6 Å². The van der Waals surface area contributed by atoms with E-state index in [2.05, 4.69) is 41.2 Å². The molecular formula is C48H52N8O6S4. The molecule has 2 saturated carbocycles. The van der Waals surface area contributed by atoms with Crippen LogP contribution in [-0.4, -0.2) is 63.5 Å². The standard InChI is InChI=1S/C24H26N4O4S2.C24H26N4O2S2/c1-16-9-10-20(19(14-16)22(29)17-6-2-3-7-17)27-23(30)28-24-26-15-18(33-24)11-13-34(31,32)21-8-4-5-12-25-21;1-16-9-10-20(19(14-16)22(29)17-6-2-3-7-17)27-23(30)28-24-26-15-18(32-24)11-13-31-21-8-4-5-12-25-21/h4-5,8-10,12,14-15,17H,2-3,6-7,11,13H2,1H3,(H2,26,27,28,30);4-5,8-10,12,14-15,17H,2-3,6-7,11,13H2,1H3,(H2,26,27,28,30). The lowest BCUT2D eigenvalue weighted by Crippen LogP contribution is -2.22. The number of thioether (sulfide) groups is 1. The molecule has 0 bridgehead atoms. The molecule has 18 heteroatoms. The number of hydrogen-bond acceptors (Lipinski definition) is 13. The second kappa shape index (κ2) is 23.1. The predicted molar refractivity (Wildman–Crippen MR) is 263 cm³/mol. The average molecular weight is 965 g/mol. The number of pyridine rings is 2. The van der Waals surface area contributed by atoms with Gasteiger partial charge in [-0.15, -0.1) is 34.4 Å². The van der Waals surface area contributed by atoms with Crippen LogP contribution in [0.25, 0.3) is 0 Å². The molecular weight excluding hydrogens is 913 g/mol. The molecule has 0 aliphatic heterocycles. The Balaban J connectivity index is 0.000000197. The van der Waals surface area contributed by atoms with Crippen molar-refractivity contribution in [1.82, 2.24) is 19.9 Å². The molecule has 4 heterocycles. The van der Waals surface area contributed by atoms with Crippen molar-refractivity contribution in [2.24, 2.45) is 11.8 Å². The predicted octanol–water partition coefficient (Wildman–Crippen LogP) is 11.1. The largest absolute Gasteiger partial charge is 0.325 e. The fourth-order valence-electron chi connectivity index (χ4n) is 7.78. The minimum absolute atomic E-state index is 0.00861. The maximum Gasteiger partial charge on any atom is 0.325 e. The summed E-state index contributed by atoms with van der Waals surface area (Å²) in [6, 6.07) is 20.7. The molecule has 0 radical (unpaired) electrons. The summed E-state index contributed by atoms with van der Waals surface area (Å²) in [7, 11) is -3.50. The first kappa shape index (κ1) is 48.1. The molecule has 0 saturated heterocycles. The number of anilines is 4. The van der Waals surface area contributed by atoms with Crippen LogP contribution in [0.2, 0.25) is 0 Å². The van der Waals surface area contributed by atoms with Crippen LogP contribution in [0.4, 0.5) is 31.2 Å². The van der Waals surface area contributed by atoms with E-state index in [-0.39, 0.29) is 40.6 Å². The number of amides is 4. The number of hydrogen-bond donors (Lipinski definition) is 4. The number of aryl methyl sites for hydroxylation is 4. The molecule has 6 aromatic rings. The molecule has 2 aliphatic rings. The smallest absolute Gasteiger partial charge is 0.307 e. The summed E-state index contributed by atoms with van der Waals surface area (Å²) in [5.41, 5.74) is 4.11. The second-order valence-corrected chi connectivity index (χ2v) is 21.6. The first-order chi connectivity index (χ1) is 31.9. The van der Waals surface area contributed by atoms with Crippen LogP contribution in [0, 0.1) is 25.7 Å². The minimum Gasteiger partial charge on any atom is -0.307 e. The summed E-state index contributed by atoms with van der Waals surface area (Å²) < 4.78 is 24.8. The highest BCUT2D eigenvalue weighted by molar-refractivity contribution is 7.99. The number of carbonyl (C=O) groups is 4. The third-order valence-electron chi connectivity index (χ3n) is 11.2. The van der Waals surface area contributed by atoms with Gasteiger partial charge in [0, 0.05) is 63.3 Å². The van der Waals surface area contributed by atoms with E-state index < -0.39 is 21.9 Å². The normalized spacial score (nSPS) is 14.0. The maximum absolute atomic E-state index is 13.0. The molecule has 66 heavy (non-hydrogen) atoms. The number of carbonyl (C=O) groups excluding carboxylic acids is 4. The summed E-state index contributed by atoms with van der Waals surface area (Å²) in [5.74, 6) is 1.06. The van der Waals surface area contributed by atoms with Gasteiger partial charge >= 0.3 is 12.1 Å². The first-order valence-electron chi connectivity index (χ1n) is 21.9. The van der Waals surface area contributed by atoms with Crippen molar-refractivity contribution >= 4 is 89.5 Å². The Kier molecular flexibility index (Phi) is 16.8. The van der Waals surface area contributed by atoms with Crippen LogP contribution < -0.4 is 21.3 Å². The molecule has 4 N–H and O–H groups in total. The van der Waals surface area contributed by atoms with Gasteiger partial charge in [0.2, 0.25) is 0 Å². The number of urea groups is 2. The van der Waals surface area contributed by atoms with Gasteiger partial charge in [0.15, 0.2) is 36.7 Å². The number of nitrogens with one attached hydrogen (secondary N) is 4. The van der Waals surface area contributed by atoms with Crippen molar-refractivity contribution in [3.8, 4) is 0 Å². The molecule has 2 aromatic carbocycles. The zero-order chi connectivity index (χ0) is 46.5. The summed E-state index contributed by atoms with van der Waals surface area (Å²) >= 11 is 4.35. The fraction of sp³-hybridized carbons (Fsp3) is 0.333. The molecule has 4 aromatic heterocycles. The van der Waals surface area contributed by atoms with Crippen LogP contribution >= 0.6 is 34.4 Å². The van der Waals surface area contributed by atoms with Crippen molar-refractivity contribution in [3.05, 3.63) is 130 Å². The van der Waals surface area contributed by atoms with E-state index in [1.165, 1.54) is 34.9 Å². The zero-order valence-electron chi connectivity index (χ0n) is 36.7. The summed E-state index contributed by atoms with van der Waals surface area (Å²) in [6.07, 6.45) is 15.6. The monoisotopic (exact) mass is 964 g/mol. The Bertz CT molecular complexity index is 2740. The van der Waals surface area contributed by atoms with Crippen molar-refractivity contribution in [3.63, 3.8) is 0 Å². The lowest BCUT2D eigenvalue weighted by Gasteiger charge is -2.14. The molecule has 2 fully saturated rings.